The van der Waals surface area contributed by atoms with Crippen molar-refractivity contribution in [3.05, 3.63) is 29.8 Å². The maximum atomic E-state index is 6.42. The third-order valence-corrected chi connectivity index (χ3v) is 3.92. The molecule has 0 unspecified atom stereocenters. The van der Waals surface area contributed by atoms with Gasteiger partial charge in [0.2, 0.25) is 0 Å². The van der Waals surface area contributed by atoms with Crippen molar-refractivity contribution in [1.29, 1.82) is 0 Å². The quantitative estimate of drug-likeness (QED) is 0.829. The second-order valence-electron chi connectivity index (χ2n) is 5.62. The first-order valence-corrected chi connectivity index (χ1v) is 7.21. The average Bonchev–Trinajstić information content (AvgIpc) is 2.65. The van der Waals surface area contributed by atoms with Crippen molar-refractivity contribution in [2.45, 2.75) is 50.7 Å². The Hall–Kier alpha value is -1.06. The summed E-state index contributed by atoms with van der Waals surface area (Å²) in [5.41, 5.74) is 7.48. The van der Waals surface area contributed by atoms with Gasteiger partial charge in [-0.25, -0.2) is 0 Å². The van der Waals surface area contributed by atoms with E-state index in [1.807, 2.05) is 24.3 Å². The lowest BCUT2D eigenvalue weighted by molar-refractivity contribution is 0.0667. The summed E-state index contributed by atoms with van der Waals surface area (Å²) in [6.45, 7) is 1.29. The molecule has 3 nitrogen and oxygen atoms in total. The summed E-state index contributed by atoms with van der Waals surface area (Å²) >= 11 is 0. The largest absolute Gasteiger partial charge is 0.497 e. The third-order valence-electron chi connectivity index (χ3n) is 3.92. The Balaban J connectivity index is 1.78. The maximum absolute atomic E-state index is 6.42. The summed E-state index contributed by atoms with van der Waals surface area (Å²) in [6, 6.07) is 8.00. The normalized spacial score (nSPS) is 18.8. The Bertz CT molecular complexity index is 367. The fraction of sp³-hybridized carbons (Fsp3) is 0.625. The van der Waals surface area contributed by atoms with Crippen LogP contribution in [0.2, 0.25) is 0 Å². The highest BCUT2D eigenvalue weighted by Gasteiger charge is 2.26. The number of methoxy groups -OCH3 is 1. The Morgan fingerprint density at radius 2 is 1.68 bits per heavy atom. The van der Waals surface area contributed by atoms with Crippen molar-refractivity contribution in [2.75, 3.05) is 13.7 Å². The zero-order chi connectivity index (χ0) is 13.6. The summed E-state index contributed by atoms with van der Waals surface area (Å²) in [6.07, 6.45) is 7.30. The number of nitrogens with two attached hydrogens (primary N) is 1. The number of hydrogen-bond acceptors (Lipinski definition) is 3. The summed E-state index contributed by atoms with van der Waals surface area (Å²) in [7, 11) is 1.68. The topological polar surface area (TPSA) is 44.5 Å². The molecule has 1 aliphatic rings. The van der Waals surface area contributed by atoms with Gasteiger partial charge in [-0.2, -0.15) is 0 Å². The van der Waals surface area contributed by atoms with Crippen LogP contribution in [0.25, 0.3) is 0 Å². The fourth-order valence-electron chi connectivity index (χ4n) is 2.67. The molecule has 1 fully saturated rings. The third kappa shape index (κ3) is 4.51. The van der Waals surface area contributed by atoms with Gasteiger partial charge < -0.3 is 15.2 Å². The van der Waals surface area contributed by atoms with E-state index in [4.69, 9.17) is 15.2 Å². The van der Waals surface area contributed by atoms with Gasteiger partial charge in [-0.3, -0.25) is 0 Å². The molecule has 1 aliphatic carbocycles. The van der Waals surface area contributed by atoms with Crippen LogP contribution >= 0.6 is 0 Å². The molecule has 3 heteroatoms. The predicted octanol–water partition coefficient (Wildman–Crippen LogP) is 3.26. The van der Waals surface area contributed by atoms with Crippen LogP contribution in [-0.4, -0.2) is 19.3 Å². The van der Waals surface area contributed by atoms with Crippen molar-refractivity contribution in [3.63, 3.8) is 0 Å². The molecule has 1 saturated carbocycles. The summed E-state index contributed by atoms with van der Waals surface area (Å²) < 4.78 is 11.0. The Labute approximate surface area is 116 Å². The fourth-order valence-corrected chi connectivity index (χ4v) is 2.67. The number of rotatable bonds is 5. The van der Waals surface area contributed by atoms with Crippen molar-refractivity contribution >= 4 is 0 Å². The van der Waals surface area contributed by atoms with E-state index in [9.17, 15) is 0 Å². The first kappa shape index (κ1) is 14.4. The van der Waals surface area contributed by atoms with E-state index in [2.05, 4.69) is 0 Å². The molecule has 0 spiro atoms. The van der Waals surface area contributed by atoms with E-state index in [1.165, 1.54) is 25.7 Å². The zero-order valence-corrected chi connectivity index (χ0v) is 11.9. The van der Waals surface area contributed by atoms with E-state index in [0.717, 1.165) is 24.2 Å². The van der Waals surface area contributed by atoms with Gasteiger partial charge in [0, 0.05) is 5.54 Å². The average molecular weight is 263 g/mol. The molecule has 0 aliphatic heterocycles. The van der Waals surface area contributed by atoms with Crippen LogP contribution in [0.15, 0.2) is 24.3 Å². The van der Waals surface area contributed by atoms with E-state index >= 15 is 0 Å². The highest BCUT2D eigenvalue weighted by Crippen LogP contribution is 2.25. The van der Waals surface area contributed by atoms with Crippen LogP contribution in [-0.2, 0) is 11.3 Å². The summed E-state index contributed by atoms with van der Waals surface area (Å²) in [4.78, 5) is 0. The molecule has 0 amide bonds. The number of hydrogen-bond donors (Lipinski definition) is 1. The molecule has 2 N–H and O–H groups in total. The molecular weight excluding hydrogens is 238 g/mol. The van der Waals surface area contributed by atoms with Crippen molar-refractivity contribution < 1.29 is 9.47 Å². The maximum Gasteiger partial charge on any atom is 0.118 e. The standard InChI is InChI=1S/C16H25NO2/c1-18-15-8-6-14(7-9-15)12-19-13-16(17)10-4-2-3-5-11-16/h6-9H,2-5,10-13,17H2,1H3. The van der Waals surface area contributed by atoms with Crippen LogP contribution in [0.5, 0.6) is 5.75 Å². The molecule has 2 rings (SSSR count). The summed E-state index contributed by atoms with van der Waals surface area (Å²) in [5, 5.41) is 0. The van der Waals surface area contributed by atoms with E-state index in [-0.39, 0.29) is 5.54 Å². The number of benzene rings is 1. The minimum absolute atomic E-state index is 0.108. The lowest BCUT2D eigenvalue weighted by Gasteiger charge is -2.27. The van der Waals surface area contributed by atoms with Crippen LogP contribution in [0.4, 0.5) is 0 Å². The van der Waals surface area contributed by atoms with Gasteiger partial charge in [0.25, 0.3) is 0 Å². The van der Waals surface area contributed by atoms with Gasteiger partial charge in [0.15, 0.2) is 0 Å². The summed E-state index contributed by atoms with van der Waals surface area (Å²) in [5.74, 6) is 0.878. The van der Waals surface area contributed by atoms with Crippen molar-refractivity contribution in [3.8, 4) is 5.75 Å². The molecule has 19 heavy (non-hydrogen) atoms. The predicted molar refractivity (Wildman–Crippen MR) is 77.3 cm³/mol. The van der Waals surface area contributed by atoms with Gasteiger partial charge in [0.1, 0.15) is 5.75 Å². The van der Waals surface area contributed by atoms with Gasteiger partial charge in [-0.15, -0.1) is 0 Å². The minimum Gasteiger partial charge on any atom is -0.497 e. The van der Waals surface area contributed by atoms with Crippen molar-refractivity contribution in [2.24, 2.45) is 5.73 Å². The monoisotopic (exact) mass is 263 g/mol. The van der Waals surface area contributed by atoms with Gasteiger partial charge in [-0.1, -0.05) is 37.8 Å². The van der Waals surface area contributed by atoms with E-state index < -0.39 is 0 Å². The second kappa shape index (κ2) is 6.92. The molecule has 1 aromatic carbocycles. The van der Waals surface area contributed by atoms with Gasteiger partial charge >= 0.3 is 0 Å². The Morgan fingerprint density at radius 3 is 2.26 bits per heavy atom. The van der Waals surface area contributed by atoms with Crippen LogP contribution < -0.4 is 10.5 Å². The van der Waals surface area contributed by atoms with Crippen LogP contribution in [0.1, 0.15) is 44.1 Å². The molecule has 0 heterocycles. The Kier molecular flexibility index (Phi) is 5.23. The zero-order valence-electron chi connectivity index (χ0n) is 11.9. The molecule has 106 valence electrons. The first-order chi connectivity index (χ1) is 9.22. The highest BCUT2D eigenvalue weighted by atomic mass is 16.5. The first-order valence-electron chi connectivity index (χ1n) is 7.21. The van der Waals surface area contributed by atoms with Crippen molar-refractivity contribution in [1.82, 2.24) is 0 Å². The lowest BCUT2D eigenvalue weighted by atomic mass is 9.93. The van der Waals surface area contributed by atoms with Crippen LogP contribution in [0.3, 0.4) is 0 Å². The molecule has 0 aromatic heterocycles. The minimum atomic E-state index is -0.108. The molecule has 0 bridgehead atoms. The Morgan fingerprint density at radius 1 is 1.05 bits per heavy atom. The molecule has 0 radical (unpaired) electrons. The molecule has 1 aromatic rings. The van der Waals surface area contributed by atoms with E-state index in [0.29, 0.717) is 13.2 Å². The molecular formula is C16H25NO2. The number of ether oxygens (including phenoxy) is 2. The van der Waals surface area contributed by atoms with Gasteiger partial charge in [-0.05, 0) is 30.5 Å². The van der Waals surface area contributed by atoms with Crippen LogP contribution in [0, 0.1) is 0 Å². The second-order valence-corrected chi connectivity index (χ2v) is 5.62. The van der Waals surface area contributed by atoms with E-state index in [1.54, 1.807) is 7.11 Å². The highest BCUT2D eigenvalue weighted by molar-refractivity contribution is 5.26. The SMILES string of the molecule is COc1ccc(COCC2(N)CCCCCC2)cc1. The lowest BCUT2D eigenvalue weighted by Crippen LogP contribution is -2.43. The smallest absolute Gasteiger partial charge is 0.118 e. The molecule has 0 saturated heterocycles. The molecule has 0 atom stereocenters. The van der Waals surface area contributed by atoms with Gasteiger partial charge in [0.05, 0.1) is 20.3 Å².